The molecular formula is C16H24N2O. The topological polar surface area (TPSA) is 46.3 Å². The molecule has 0 spiro atoms. The molecule has 1 aliphatic rings. The van der Waals surface area contributed by atoms with Gasteiger partial charge in [-0.05, 0) is 44.7 Å². The monoisotopic (exact) mass is 260 g/mol. The summed E-state index contributed by atoms with van der Waals surface area (Å²) in [5.41, 5.74) is 6.54. The summed E-state index contributed by atoms with van der Waals surface area (Å²) in [4.78, 5) is 14.8. The standard InChI is InChI=1S/C16H24N2O/c1-3-18(4-2)15(19)16(12-14(16)10-11-17)13-8-6-5-7-9-13/h5-9,14H,3-4,10-12,17H2,1-2H3/t14-,16-/m0/s1. The first-order valence-corrected chi connectivity index (χ1v) is 7.25. The third-order valence-electron chi connectivity index (χ3n) is 4.34. The average molecular weight is 260 g/mol. The quantitative estimate of drug-likeness (QED) is 0.852. The van der Waals surface area contributed by atoms with E-state index in [9.17, 15) is 4.79 Å². The van der Waals surface area contributed by atoms with Crippen molar-refractivity contribution in [1.29, 1.82) is 0 Å². The molecule has 3 heteroatoms. The van der Waals surface area contributed by atoms with Gasteiger partial charge in [0.25, 0.3) is 0 Å². The van der Waals surface area contributed by atoms with E-state index in [1.165, 1.54) is 0 Å². The lowest BCUT2D eigenvalue weighted by atomic mass is 9.90. The highest BCUT2D eigenvalue weighted by atomic mass is 16.2. The Labute approximate surface area is 115 Å². The molecule has 1 fully saturated rings. The largest absolute Gasteiger partial charge is 0.342 e. The zero-order valence-corrected chi connectivity index (χ0v) is 11.9. The second-order valence-electron chi connectivity index (χ2n) is 5.29. The highest BCUT2D eigenvalue weighted by molar-refractivity contribution is 5.92. The van der Waals surface area contributed by atoms with E-state index < -0.39 is 0 Å². The predicted molar refractivity (Wildman–Crippen MR) is 77.8 cm³/mol. The van der Waals surface area contributed by atoms with Crippen LogP contribution in [0.2, 0.25) is 0 Å². The number of amides is 1. The van der Waals surface area contributed by atoms with E-state index in [1.54, 1.807) is 0 Å². The Morgan fingerprint density at radius 2 is 1.95 bits per heavy atom. The van der Waals surface area contributed by atoms with Crippen molar-refractivity contribution in [2.24, 2.45) is 11.7 Å². The molecule has 1 amide bonds. The highest BCUT2D eigenvalue weighted by Crippen LogP contribution is 2.57. The van der Waals surface area contributed by atoms with Crippen LogP contribution in [0.5, 0.6) is 0 Å². The van der Waals surface area contributed by atoms with E-state index in [2.05, 4.69) is 12.1 Å². The maximum atomic E-state index is 12.9. The molecule has 19 heavy (non-hydrogen) atoms. The number of benzene rings is 1. The van der Waals surface area contributed by atoms with Gasteiger partial charge >= 0.3 is 0 Å². The Kier molecular flexibility index (Phi) is 4.25. The average Bonchev–Trinajstić information content (AvgIpc) is 3.17. The van der Waals surface area contributed by atoms with Gasteiger partial charge in [-0.15, -0.1) is 0 Å². The van der Waals surface area contributed by atoms with Gasteiger partial charge in [0.05, 0.1) is 5.41 Å². The van der Waals surface area contributed by atoms with Crippen molar-refractivity contribution in [3.8, 4) is 0 Å². The predicted octanol–water partition coefficient (Wildman–Crippen LogP) is 2.16. The summed E-state index contributed by atoms with van der Waals surface area (Å²) >= 11 is 0. The normalized spacial score (nSPS) is 25.1. The van der Waals surface area contributed by atoms with E-state index in [-0.39, 0.29) is 11.3 Å². The molecule has 3 nitrogen and oxygen atoms in total. The molecular weight excluding hydrogens is 236 g/mol. The Morgan fingerprint density at radius 3 is 2.47 bits per heavy atom. The van der Waals surface area contributed by atoms with Crippen molar-refractivity contribution in [3.05, 3.63) is 35.9 Å². The first-order chi connectivity index (χ1) is 9.20. The minimum Gasteiger partial charge on any atom is -0.342 e. The van der Waals surface area contributed by atoms with E-state index in [0.717, 1.165) is 31.5 Å². The van der Waals surface area contributed by atoms with Crippen LogP contribution in [-0.2, 0) is 10.2 Å². The summed E-state index contributed by atoms with van der Waals surface area (Å²) < 4.78 is 0. The smallest absolute Gasteiger partial charge is 0.233 e. The van der Waals surface area contributed by atoms with Crippen molar-refractivity contribution in [1.82, 2.24) is 4.90 Å². The number of hydrogen-bond donors (Lipinski definition) is 1. The molecule has 104 valence electrons. The summed E-state index contributed by atoms with van der Waals surface area (Å²) in [6.07, 6.45) is 1.88. The molecule has 2 atom stereocenters. The van der Waals surface area contributed by atoms with Crippen LogP contribution < -0.4 is 5.73 Å². The molecule has 1 aliphatic carbocycles. The van der Waals surface area contributed by atoms with Gasteiger partial charge in [-0.25, -0.2) is 0 Å². The Morgan fingerprint density at radius 1 is 1.32 bits per heavy atom. The molecule has 1 aromatic rings. The van der Waals surface area contributed by atoms with Gasteiger partial charge in [0.2, 0.25) is 5.91 Å². The van der Waals surface area contributed by atoms with Gasteiger partial charge in [-0.2, -0.15) is 0 Å². The molecule has 1 aromatic carbocycles. The lowest BCUT2D eigenvalue weighted by Crippen LogP contribution is -2.40. The van der Waals surface area contributed by atoms with Crippen LogP contribution in [0.1, 0.15) is 32.3 Å². The van der Waals surface area contributed by atoms with Crippen LogP contribution in [0, 0.1) is 5.92 Å². The first-order valence-electron chi connectivity index (χ1n) is 7.25. The van der Waals surface area contributed by atoms with Gasteiger partial charge in [-0.1, -0.05) is 30.3 Å². The minimum atomic E-state index is -0.299. The first kappa shape index (κ1) is 14.1. The molecule has 0 bridgehead atoms. The van der Waals surface area contributed by atoms with Crippen LogP contribution in [0.15, 0.2) is 30.3 Å². The zero-order chi connectivity index (χ0) is 13.9. The molecule has 0 aromatic heterocycles. The molecule has 0 unspecified atom stereocenters. The SMILES string of the molecule is CCN(CC)C(=O)[C@]1(c2ccccc2)C[C@@H]1CCN. The molecule has 2 N–H and O–H groups in total. The van der Waals surface area contributed by atoms with Crippen LogP contribution >= 0.6 is 0 Å². The van der Waals surface area contributed by atoms with Gasteiger partial charge in [0, 0.05) is 13.1 Å². The van der Waals surface area contributed by atoms with Gasteiger partial charge in [0.15, 0.2) is 0 Å². The lowest BCUT2D eigenvalue weighted by Gasteiger charge is -2.26. The van der Waals surface area contributed by atoms with Crippen molar-refractivity contribution >= 4 is 5.91 Å². The Hall–Kier alpha value is -1.35. The van der Waals surface area contributed by atoms with Crippen LogP contribution in [0.25, 0.3) is 0 Å². The maximum Gasteiger partial charge on any atom is 0.233 e. The fourth-order valence-electron chi connectivity index (χ4n) is 3.15. The second-order valence-corrected chi connectivity index (χ2v) is 5.29. The molecule has 0 saturated heterocycles. The summed E-state index contributed by atoms with van der Waals surface area (Å²) in [5, 5.41) is 0. The summed E-state index contributed by atoms with van der Waals surface area (Å²) in [6, 6.07) is 10.2. The number of hydrogen-bond acceptors (Lipinski definition) is 2. The number of likely N-dealkylation sites (N-methyl/N-ethyl adjacent to an activating group) is 1. The van der Waals surface area contributed by atoms with Gasteiger partial charge < -0.3 is 10.6 Å². The number of carbonyl (C=O) groups is 1. The summed E-state index contributed by atoms with van der Waals surface area (Å²) in [7, 11) is 0. The fraction of sp³-hybridized carbons (Fsp3) is 0.562. The van der Waals surface area contributed by atoms with Crippen molar-refractivity contribution in [3.63, 3.8) is 0 Å². The van der Waals surface area contributed by atoms with Gasteiger partial charge in [-0.3, -0.25) is 4.79 Å². The Bertz CT molecular complexity index is 428. The molecule has 0 heterocycles. The molecule has 2 rings (SSSR count). The maximum absolute atomic E-state index is 12.9. The van der Waals surface area contributed by atoms with Crippen LogP contribution in [-0.4, -0.2) is 30.4 Å². The number of nitrogens with zero attached hydrogens (tertiary/aromatic N) is 1. The molecule has 0 aliphatic heterocycles. The molecule has 0 radical (unpaired) electrons. The molecule has 1 saturated carbocycles. The van der Waals surface area contributed by atoms with E-state index in [4.69, 9.17) is 5.73 Å². The van der Waals surface area contributed by atoms with E-state index in [1.807, 2.05) is 36.9 Å². The fourth-order valence-corrected chi connectivity index (χ4v) is 3.15. The highest BCUT2D eigenvalue weighted by Gasteiger charge is 2.61. The third-order valence-corrected chi connectivity index (χ3v) is 4.34. The van der Waals surface area contributed by atoms with Crippen LogP contribution in [0.4, 0.5) is 0 Å². The number of carbonyl (C=O) groups excluding carboxylic acids is 1. The van der Waals surface area contributed by atoms with Crippen molar-refractivity contribution < 1.29 is 4.79 Å². The van der Waals surface area contributed by atoms with Crippen molar-refractivity contribution in [2.75, 3.05) is 19.6 Å². The zero-order valence-electron chi connectivity index (χ0n) is 11.9. The Balaban J connectivity index is 2.30. The number of rotatable bonds is 6. The van der Waals surface area contributed by atoms with E-state index in [0.29, 0.717) is 12.5 Å². The van der Waals surface area contributed by atoms with E-state index >= 15 is 0 Å². The van der Waals surface area contributed by atoms with Gasteiger partial charge in [0.1, 0.15) is 0 Å². The lowest BCUT2D eigenvalue weighted by molar-refractivity contribution is -0.134. The third kappa shape index (κ3) is 2.39. The summed E-state index contributed by atoms with van der Waals surface area (Å²) in [6.45, 7) is 6.30. The second kappa shape index (κ2) is 5.74. The number of nitrogens with two attached hydrogens (primary N) is 1. The van der Waals surface area contributed by atoms with Crippen molar-refractivity contribution in [2.45, 2.75) is 32.1 Å². The summed E-state index contributed by atoms with van der Waals surface area (Å²) in [5.74, 6) is 0.690. The van der Waals surface area contributed by atoms with Crippen LogP contribution in [0.3, 0.4) is 0 Å². The minimum absolute atomic E-state index is 0.280.